The van der Waals surface area contributed by atoms with Crippen LogP contribution in [0.3, 0.4) is 0 Å². The number of aryl methyl sites for hydroxylation is 1. The highest BCUT2D eigenvalue weighted by molar-refractivity contribution is 7.10. The number of aliphatic imine (C=N–C) groups is 1. The van der Waals surface area contributed by atoms with Gasteiger partial charge in [-0.15, -0.1) is 0 Å². The summed E-state index contributed by atoms with van der Waals surface area (Å²) in [6.07, 6.45) is -0.733. The fraction of sp³-hybridized carbons (Fsp3) is 0.261. The highest BCUT2D eigenvalue weighted by atomic mass is 32.1. The highest BCUT2D eigenvalue weighted by Gasteiger charge is 2.29. The van der Waals surface area contributed by atoms with E-state index in [0.29, 0.717) is 23.8 Å². The first kappa shape index (κ1) is 24.1. The van der Waals surface area contributed by atoms with Crippen LogP contribution in [0.15, 0.2) is 46.2 Å². The van der Waals surface area contributed by atoms with E-state index < -0.39 is 22.5 Å². The number of aliphatic hydroxyl groups excluding tert-OH is 1. The van der Waals surface area contributed by atoms with Crippen molar-refractivity contribution in [3.05, 3.63) is 84.7 Å². The summed E-state index contributed by atoms with van der Waals surface area (Å²) < 4.78 is 2.55. The molecule has 2 aromatic carbocycles. The third-order valence-corrected chi connectivity index (χ3v) is 6.33. The molecule has 0 spiro atoms. The molecule has 1 unspecified atom stereocenters. The maximum absolute atomic E-state index is 13.2. The zero-order valence-corrected chi connectivity index (χ0v) is 19.9. The number of nitrogens with two attached hydrogens (primary N) is 1. The molecule has 0 fully saturated rings. The summed E-state index contributed by atoms with van der Waals surface area (Å²) in [6.45, 7) is 4.30. The van der Waals surface area contributed by atoms with Gasteiger partial charge in [-0.3, -0.25) is 29.1 Å². The van der Waals surface area contributed by atoms with Crippen molar-refractivity contribution in [1.29, 1.82) is 0 Å². The number of amides is 1. The van der Waals surface area contributed by atoms with Gasteiger partial charge in [0.05, 0.1) is 17.6 Å². The molecule has 1 aliphatic rings. The molecule has 3 aromatic rings. The van der Waals surface area contributed by atoms with Gasteiger partial charge in [0.25, 0.3) is 17.2 Å². The van der Waals surface area contributed by atoms with Crippen LogP contribution in [-0.4, -0.2) is 43.7 Å². The van der Waals surface area contributed by atoms with Crippen molar-refractivity contribution in [3.8, 4) is 0 Å². The van der Waals surface area contributed by atoms with E-state index in [2.05, 4.69) is 14.7 Å². The summed E-state index contributed by atoms with van der Waals surface area (Å²) in [5.74, 6) is -0.500. The first-order chi connectivity index (χ1) is 16.6. The number of aromatic amines is 1. The Hall–Kier alpha value is -4.03. The number of hydrogen-bond acceptors (Lipinski definition) is 8. The van der Waals surface area contributed by atoms with Crippen molar-refractivity contribution in [2.24, 2.45) is 10.7 Å². The zero-order chi connectivity index (χ0) is 25.3. The normalized spacial score (nSPS) is 14.0. The molecule has 0 saturated carbocycles. The number of nitrogens with zero attached hydrogens (tertiary/aromatic N) is 3. The van der Waals surface area contributed by atoms with E-state index in [1.807, 2.05) is 25.1 Å². The van der Waals surface area contributed by atoms with E-state index in [-0.39, 0.29) is 29.2 Å². The Kier molecular flexibility index (Phi) is 6.67. The van der Waals surface area contributed by atoms with Crippen LogP contribution < -0.4 is 16.6 Å². The number of nitro benzene ring substituents is 1. The topological polar surface area (TPSA) is 167 Å². The Bertz CT molecular complexity index is 1390. The van der Waals surface area contributed by atoms with Gasteiger partial charge in [0.1, 0.15) is 22.0 Å². The summed E-state index contributed by atoms with van der Waals surface area (Å²) in [5, 5.41) is 24.5. The number of carbonyl (C=O) groups excluding carboxylic acids is 1. The maximum atomic E-state index is 13.2. The average Bonchev–Trinajstić information content (AvgIpc) is 3.39. The van der Waals surface area contributed by atoms with Crippen LogP contribution >= 0.6 is 11.5 Å². The Labute approximate surface area is 204 Å². The smallest absolute Gasteiger partial charge is 0.284 e. The number of rotatable bonds is 7. The third kappa shape index (κ3) is 5.08. The van der Waals surface area contributed by atoms with Crippen LogP contribution in [0.2, 0.25) is 0 Å². The fourth-order valence-electron chi connectivity index (χ4n) is 3.84. The summed E-state index contributed by atoms with van der Waals surface area (Å²) in [7, 11) is 0. The second-order valence-electron chi connectivity index (χ2n) is 8.36. The first-order valence-electron chi connectivity index (χ1n) is 10.8. The van der Waals surface area contributed by atoms with Gasteiger partial charge >= 0.3 is 0 Å². The zero-order valence-electron chi connectivity index (χ0n) is 19.1. The molecule has 0 saturated heterocycles. The predicted octanol–water partition coefficient (Wildman–Crippen LogP) is 2.64. The Morgan fingerprint density at radius 2 is 2.06 bits per heavy atom. The molecule has 0 bridgehead atoms. The van der Waals surface area contributed by atoms with E-state index in [0.717, 1.165) is 28.2 Å². The lowest BCUT2D eigenvalue weighted by Gasteiger charge is -2.16. The van der Waals surface area contributed by atoms with E-state index in [9.17, 15) is 24.8 Å². The molecule has 0 aliphatic carbocycles. The van der Waals surface area contributed by atoms with E-state index in [4.69, 9.17) is 5.73 Å². The van der Waals surface area contributed by atoms with Crippen molar-refractivity contribution >= 4 is 39.7 Å². The lowest BCUT2D eigenvalue weighted by atomic mass is 10.1. The summed E-state index contributed by atoms with van der Waals surface area (Å²) >= 11 is 0.956. The number of benzene rings is 2. The number of hydrogen-bond donors (Lipinski definition) is 4. The quantitative estimate of drug-likeness (QED) is 0.169. The molecule has 5 N–H and O–H groups in total. The number of anilines is 2. The largest absolute Gasteiger partial charge is 0.391 e. The van der Waals surface area contributed by atoms with E-state index in [1.54, 1.807) is 4.90 Å². The molecule has 0 radical (unpaired) electrons. The number of fused-ring (bicyclic) bond motifs is 1. The van der Waals surface area contributed by atoms with E-state index >= 15 is 0 Å². The van der Waals surface area contributed by atoms with E-state index in [1.165, 1.54) is 25.1 Å². The molecular formula is C23H24N6O5S. The average molecular weight is 497 g/mol. The van der Waals surface area contributed by atoms with Gasteiger partial charge in [0, 0.05) is 24.8 Å². The number of carbonyl (C=O) groups is 1. The molecule has 35 heavy (non-hydrogen) atoms. The Balaban J connectivity index is 1.60. The second kappa shape index (κ2) is 9.68. The number of aromatic nitrogens is 1. The highest BCUT2D eigenvalue weighted by Crippen LogP contribution is 2.31. The maximum Gasteiger partial charge on any atom is 0.284 e. The molecule has 182 valence electrons. The van der Waals surface area contributed by atoms with Crippen molar-refractivity contribution in [2.45, 2.75) is 33.0 Å². The molecule has 1 atom stereocenters. The van der Waals surface area contributed by atoms with Crippen LogP contribution in [0, 0.1) is 17.0 Å². The van der Waals surface area contributed by atoms with Crippen LogP contribution in [0.5, 0.6) is 0 Å². The lowest BCUT2D eigenvalue weighted by Crippen LogP contribution is -2.26. The van der Waals surface area contributed by atoms with Crippen LogP contribution in [0.1, 0.15) is 39.5 Å². The van der Waals surface area contributed by atoms with Gasteiger partial charge in [-0.05, 0) is 48.6 Å². The lowest BCUT2D eigenvalue weighted by molar-refractivity contribution is -0.385. The first-order valence-corrected chi connectivity index (χ1v) is 11.6. The standard InChI is InChI=1S/C23H24N6O5S/c1-12-3-4-14-10-28(11-15(14)7-12)23(32)17-6-5-16(8-18(17)29(33)34)26-22-19(21(31)27-35-22)20(24)25-9-13(2)30/h3-8,13,26,30H,9-11H2,1-2H3,(H2,24,25)(H,27,31). The number of amidine groups is 1. The number of nitro groups is 1. The molecule has 1 aliphatic heterocycles. The summed E-state index contributed by atoms with van der Waals surface area (Å²) in [6, 6.07) is 10.1. The summed E-state index contributed by atoms with van der Waals surface area (Å²) in [4.78, 5) is 42.2. The number of aliphatic hydroxyl groups is 1. The molecule has 2 heterocycles. The third-order valence-electron chi connectivity index (χ3n) is 5.54. The minimum atomic E-state index is -0.733. The van der Waals surface area contributed by atoms with Crippen molar-refractivity contribution < 1.29 is 14.8 Å². The van der Waals surface area contributed by atoms with Gasteiger partial charge in [-0.2, -0.15) is 0 Å². The molecule has 12 heteroatoms. The number of nitrogens with one attached hydrogen (secondary N) is 2. The Morgan fingerprint density at radius 1 is 1.31 bits per heavy atom. The summed E-state index contributed by atoms with van der Waals surface area (Å²) in [5.41, 5.74) is 8.59. The van der Waals surface area contributed by atoms with Crippen molar-refractivity contribution in [2.75, 3.05) is 11.9 Å². The van der Waals surface area contributed by atoms with Crippen molar-refractivity contribution in [3.63, 3.8) is 0 Å². The minimum absolute atomic E-state index is 0.0166. The fourth-order valence-corrected chi connectivity index (χ4v) is 4.61. The Morgan fingerprint density at radius 3 is 2.77 bits per heavy atom. The predicted molar refractivity (Wildman–Crippen MR) is 133 cm³/mol. The molecule has 11 nitrogen and oxygen atoms in total. The molecule has 1 aromatic heterocycles. The van der Waals surface area contributed by atoms with Gasteiger partial charge < -0.3 is 21.1 Å². The number of H-pyrrole nitrogens is 1. The van der Waals surface area contributed by atoms with Crippen LogP contribution in [-0.2, 0) is 13.1 Å². The SMILES string of the molecule is Cc1ccc2c(c1)CN(C(=O)c1ccc(Nc3s[nH]c(=O)c3C(N)=NCC(C)O)cc1[N+](=O)[O-])C2. The molecule has 4 rings (SSSR count). The van der Waals surface area contributed by atoms with Gasteiger partial charge in [-0.25, -0.2) is 0 Å². The second-order valence-corrected chi connectivity index (χ2v) is 9.18. The van der Waals surface area contributed by atoms with Crippen LogP contribution in [0.25, 0.3) is 0 Å². The minimum Gasteiger partial charge on any atom is -0.391 e. The monoisotopic (exact) mass is 496 g/mol. The molecule has 1 amide bonds. The van der Waals surface area contributed by atoms with Crippen molar-refractivity contribution in [1.82, 2.24) is 9.27 Å². The van der Waals surface area contributed by atoms with Gasteiger partial charge in [-0.1, -0.05) is 23.8 Å². The molecular weight excluding hydrogens is 472 g/mol. The van der Waals surface area contributed by atoms with Gasteiger partial charge in [0.15, 0.2) is 0 Å². The van der Waals surface area contributed by atoms with Gasteiger partial charge in [0.2, 0.25) is 0 Å². The van der Waals surface area contributed by atoms with Crippen LogP contribution in [0.4, 0.5) is 16.4 Å².